The zero-order valence-corrected chi connectivity index (χ0v) is 11.3. The van der Waals surface area contributed by atoms with E-state index in [4.69, 9.17) is 9.84 Å². The van der Waals surface area contributed by atoms with E-state index in [-0.39, 0.29) is 23.7 Å². The lowest BCUT2D eigenvalue weighted by atomic mass is 9.88. The number of hydrogen-bond donors (Lipinski definition) is 2. The summed E-state index contributed by atoms with van der Waals surface area (Å²) in [6.45, 7) is 8.64. The summed E-state index contributed by atoms with van der Waals surface area (Å²) in [6, 6.07) is 0.109. The molecule has 1 atom stereocenters. The van der Waals surface area contributed by atoms with Gasteiger partial charge in [0.25, 0.3) is 0 Å². The first-order valence-corrected chi connectivity index (χ1v) is 6.44. The molecule has 0 radical (unpaired) electrons. The molecule has 0 aromatic heterocycles. The highest BCUT2D eigenvalue weighted by Gasteiger charge is 2.28. The number of nitrogens with one attached hydrogen (secondary N) is 1. The van der Waals surface area contributed by atoms with E-state index in [1.807, 2.05) is 0 Å². The molecule has 1 rings (SSSR count). The lowest BCUT2D eigenvalue weighted by molar-refractivity contribution is -0.0706. The molecule has 0 aliphatic heterocycles. The molecule has 1 fully saturated rings. The molecule has 0 saturated heterocycles. The largest absolute Gasteiger partial charge is 0.465 e. The first kappa shape index (κ1) is 14.3. The number of carbonyl (C=O) groups is 1. The van der Waals surface area contributed by atoms with Crippen LogP contribution >= 0.6 is 0 Å². The van der Waals surface area contributed by atoms with E-state index in [0.29, 0.717) is 0 Å². The third kappa shape index (κ3) is 4.94. The average Bonchev–Trinajstić information content (AvgIpc) is 2.18. The van der Waals surface area contributed by atoms with Crippen LogP contribution in [0.2, 0.25) is 0 Å². The van der Waals surface area contributed by atoms with Gasteiger partial charge >= 0.3 is 6.09 Å². The van der Waals surface area contributed by atoms with Gasteiger partial charge in [-0.2, -0.15) is 0 Å². The van der Waals surface area contributed by atoms with E-state index in [1.165, 1.54) is 0 Å². The van der Waals surface area contributed by atoms with E-state index >= 15 is 0 Å². The van der Waals surface area contributed by atoms with E-state index in [2.05, 4.69) is 33.0 Å². The number of carboxylic acid groups (broad SMARTS) is 1. The smallest absolute Gasteiger partial charge is 0.404 e. The van der Waals surface area contributed by atoms with Gasteiger partial charge in [0.05, 0.1) is 12.2 Å². The maximum absolute atomic E-state index is 10.5. The molecule has 0 aromatic carbocycles. The zero-order chi connectivity index (χ0) is 13.1. The maximum Gasteiger partial charge on any atom is 0.404 e. The van der Waals surface area contributed by atoms with Crippen LogP contribution < -0.4 is 5.32 Å². The first-order chi connectivity index (χ1) is 7.79. The van der Waals surface area contributed by atoms with Gasteiger partial charge in [0.2, 0.25) is 0 Å². The van der Waals surface area contributed by atoms with Crippen LogP contribution in [-0.4, -0.2) is 29.4 Å². The first-order valence-electron chi connectivity index (χ1n) is 6.44. The minimum absolute atomic E-state index is 0.109. The summed E-state index contributed by atoms with van der Waals surface area (Å²) in [5.41, 5.74) is 0.163. The average molecular weight is 243 g/mol. The molecule has 1 aliphatic rings. The van der Waals surface area contributed by atoms with Crippen LogP contribution in [0.5, 0.6) is 0 Å². The number of hydrogen-bond acceptors (Lipinski definition) is 2. The lowest BCUT2D eigenvalue weighted by Crippen LogP contribution is -2.40. The van der Waals surface area contributed by atoms with Crippen LogP contribution in [-0.2, 0) is 4.74 Å². The summed E-state index contributed by atoms with van der Waals surface area (Å²) in [5, 5.41) is 11.2. The van der Waals surface area contributed by atoms with Crippen molar-refractivity contribution < 1.29 is 14.6 Å². The standard InChI is InChI=1S/C13H25NO3/c1-9(13(2,3)4)17-11-7-5-10(6-8-11)14-12(15)16/h9-11,14H,5-8H2,1-4H3,(H,15,16). The second-order valence-corrected chi connectivity index (χ2v) is 6.07. The van der Waals surface area contributed by atoms with Gasteiger partial charge < -0.3 is 15.2 Å². The molecule has 0 spiro atoms. The highest BCUT2D eigenvalue weighted by molar-refractivity contribution is 5.64. The minimum Gasteiger partial charge on any atom is -0.465 e. The van der Waals surface area contributed by atoms with Crippen molar-refractivity contribution in [2.24, 2.45) is 5.41 Å². The Bertz CT molecular complexity index is 252. The quantitative estimate of drug-likeness (QED) is 0.801. The Labute approximate surface area is 104 Å². The number of rotatable bonds is 3. The second kappa shape index (κ2) is 5.71. The summed E-state index contributed by atoms with van der Waals surface area (Å²) < 4.78 is 6.03. The fourth-order valence-corrected chi connectivity index (χ4v) is 2.01. The molecule has 0 aromatic rings. The molecule has 0 heterocycles. The van der Waals surface area contributed by atoms with Gasteiger partial charge in [-0.1, -0.05) is 20.8 Å². The van der Waals surface area contributed by atoms with Gasteiger partial charge in [0.15, 0.2) is 0 Å². The Hall–Kier alpha value is -0.770. The zero-order valence-electron chi connectivity index (χ0n) is 11.3. The van der Waals surface area contributed by atoms with Crippen molar-refractivity contribution in [2.75, 3.05) is 0 Å². The van der Waals surface area contributed by atoms with E-state index in [0.717, 1.165) is 25.7 Å². The Morgan fingerprint density at radius 1 is 1.29 bits per heavy atom. The Kier molecular flexibility index (Phi) is 4.80. The van der Waals surface area contributed by atoms with Gasteiger partial charge in [-0.15, -0.1) is 0 Å². The predicted molar refractivity (Wildman–Crippen MR) is 67.2 cm³/mol. The van der Waals surface area contributed by atoms with Crippen LogP contribution in [0.4, 0.5) is 4.79 Å². The van der Waals surface area contributed by atoms with Gasteiger partial charge in [0, 0.05) is 6.04 Å². The van der Waals surface area contributed by atoms with E-state index in [1.54, 1.807) is 0 Å². The van der Waals surface area contributed by atoms with Gasteiger partial charge in [-0.05, 0) is 38.0 Å². The van der Waals surface area contributed by atoms with Crippen LogP contribution in [0.15, 0.2) is 0 Å². The summed E-state index contributed by atoms with van der Waals surface area (Å²) in [4.78, 5) is 10.5. The summed E-state index contributed by atoms with van der Waals surface area (Å²) in [7, 11) is 0. The van der Waals surface area contributed by atoms with Crippen molar-refractivity contribution in [3.8, 4) is 0 Å². The number of ether oxygens (including phenoxy) is 1. The molecule has 17 heavy (non-hydrogen) atoms. The molecule has 2 N–H and O–H groups in total. The van der Waals surface area contributed by atoms with Crippen LogP contribution in [0.1, 0.15) is 53.4 Å². The third-order valence-corrected chi connectivity index (χ3v) is 3.62. The SMILES string of the molecule is CC(OC1CCC(NC(=O)O)CC1)C(C)(C)C. The van der Waals surface area contributed by atoms with Crippen molar-refractivity contribution >= 4 is 6.09 Å². The van der Waals surface area contributed by atoms with Crippen LogP contribution in [0.3, 0.4) is 0 Å². The molecule has 1 unspecified atom stereocenters. The fourth-order valence-electron chi connectivity index (χ4n) is 2.01. The molecule has 0 bridgehead atoms. The molecular weight excluding hydrogens is 218 g/mol. The summed E-state index contributed by atoms with van der Waals surface area (Å²) in [5.74, 6) is 0. The lowest BCUT2D eigenvalue weighted by Gasteiger charge is -2.35. The molecule has 4 nitrogen and oxygen atoms in total. The van der Waals surface area contributed by atoms with Crippen molar-refractivity contribution in [3.05, 3.63) is 0 Å². The van der Waals surface area contributed by atoms with Crippen molar-refractivity contribution in [1.82, 2.24) is 5.32 Å². The Balaban J connectivity index is 2.30. The molecular formula is C13H25NO3. The molecule has 4 heteroatoms. The molecule has 1 saturated carbocycles. The summed E-state index contributed by atoms with van der Waals surface area (Å²) in [6.07, 6.45) is 3.27. The van der Waals surface area contributed by atoms with E-state index < -0.39 is 6.09 Å². The second-order valence-electron chi connectivity index (χ2n) is 6.07. The normalized spacial score (nSPS) is 27.5. The fraction of sp³-hybridized carbons (Fsp3) is 0.923. The Morgan fingerprint density at radius 2 is 1.82 bits per heavy atom. The van der Waals surface area contributed by atoms with Crippen molar-refractivity contribution in [2.45, 2.75) is 71.6 Å². The molecule has 1 amide bonds. The highest BCUT2D eigenvalue weighted by Crippen LogP contribution is 2.28. The predicted octanol–water partition coefficient (Wildman–Crippen LogP) is 3.02. The van der Waals surface area contributed by atoms with Crippen LogP contribution in [0.25, 0.3) is 0 Å². The van der Waals surface area contributed by atoms with Crippen molar-refractivity contribution in [1.29, 1.82) is 0 Å². The highest BCUT2D eigenvalue weighted by atomic mass is 16.5. The summed E-state index contributed by atoms with van der Waals surface area (Å²) >= 11 is 0. The minimum atomic E-state index is -0.919. The third-order valence-electron chi connectivity index (χ3n) is 3.62. The van der Waals surface area contributed by atoms with Crippen LogP contribution in [0, 0.1) is 5.41 Å². The van der Waals surface area contributed by atoms with E-state index in [9.17, 15) is 4.79 Å². The van der Waals surface area contributed by atoms with Crippen molar-refractivity contribution in [3.63, 3.8) is 0 Å². The Morgan fingerprint density at radius 3 is 2.24 bits per heavy atom. The van der Waals surface area contributed by atoms with Gasteiger partial charge in [0.1, 0.15) is 0 Å². The molecule has 1 aliphatic carbocycles. The maximum atomic E-state index is 10.5. The number of amides is 1. The van der Waals surface area contributed by atoms with Gasteiger partial charge in [-0.25, -0.2) is 4.79 Å². The molecule has 100 valence electrons. The topological polar surface area (TPSA) is 58.6 Å². The monoisotopic (exact) mass is 243 g/mol. The van der Waals surface area contributed by atoms with Gasteiger partial charge in [-0.3, -0.25) is 0 Å².